The van der Waals surface area contributed by atoms with Gasteiger partial charge in [0.05, 0.1) is 6.42 Å². The number of carboxylic acid groups (broad SMARTS) is 1. The summed E-state index contributed by atoms with van der Waals surface area (Å²) in [6, 6.07) is 8.41. The fraction of sp³-hybridized carbons (Fsp3) is 0.462. The van der Waals surface area contributed by atoms with Crippen LogP contribution in [0.15, 0.2) is 24.3 Å². The quantitative estimate of drug-likeness (QED) is 0.805. The minimum Gasteiger partial charge on any atom is -0.481 e. The Morgan fingerprint density at radius 1 is 1.41 bits per heavy atom. The highest BCUT2D eigenvalue weighted by Gasteiger charge is 2.15. The molecule has 0 aromatic heterocycles. The van der Waals surface area contributed by atoms with Crippen LogP contribution < -0.4 is 0 Å². The summed E-state index contributed by atoms with van der Waals surface area (Å²) in [7, 11) is 0. The van der Waals surface area contributed by atoms with E-state index in [2.05, 4.69) is 58.7 Å². The van der Waals surface area contributed by atoms with Gasteiger partial charge in [-0.3, -0.25) is 9.69 Å². The van der Waals surface area contributed by atoms with Gasteiger partial charge in [-0.15, -0.1) is 0 Å². The van der Waals surface area contributed by atoms with E-state index < -0.39 is 5.97 Å². The van der Waals surface area contributed by atoms with Crippen molar-refractivity contribution in [3.05, 3.63) is 33.4 Å². The zero-order chi connectivity index (χ0) is 12.8. The van der Waals surface area contributed by atoms with E-state index in [1.54, 1.807) is 0 Å². The van der Waals surface area contributed by atoms with Crippen LogP contribution in [-0.4, -0.2) is 28.6 Å². The Morgan fingerprint density at radius 2 is 2.00 bits per heavy atom. The van der Waals surface area contributed by atoms with Gasteiger partial charge in [0.1, 0.15) is 0 Å². The molecule has 3 nitrogen and oxygen atoms in total. The lowest BCUT2D eigenvalue weighted by atomic mass is 10.1. The molecular weight excluding hydrogens is 329 g/mol. The van der Waals surface area contributed by atoms with E-state index in [9.17, 15) is 4.79 Å². The van der Waals surface area contributed by atoms with Gasteiger partial charge in [0.2, 0.25) is 0 Å². The number of benzene rings is 1. The van der Waals surface area contributed by atoms with Gasteiger partial charge in [-0.1, -0.05) is 19.1 Å². The lowest BCUT2D eigenvalue weighted by Crippen LogP contribution is -2.34. The summed E-state index contributed by atoms with van der Waals surface area (Å²) in [5.74, 6) is -0.737. The SMILES string of the molecule is CCN(Cc1ccc(I)cc1)C(C)CC(=O)O. The smallest absolute Gasteiger partial charge is 0.304 e. The fourth-order valence-electron chi connectivity index (χ4n) is 1.79. The molecule has 1 aromatic rings. The minimum atomic E-state index is -0.737. The van der Waals surface area contributed by atoms with Crippen molar-refractivity contribution < 1.29 is 9.90 Å². The van der Waals surface area contributed by atoms with Crippen molar-refractivity contribution in [3.8, 4) is 0 Å². The van der Waals surface area contributed by atoms with E-state index >= 15 is 0 Å². The summed E-state index contributed by atoms with van der Waals surface area (Å²) in [5, 5.41) is 8.80. The zero-order valence-electron chi connectivity index (χ0n) is 10.2. The number of carboxylic acids is 1. The third-order valence-electron chi connectivity index (χ3n) is 2.80. The van der Waals surface area contributed by atoms with Gasteiger partial charge < -0.3 is 5.11 Å². The summed E-state index contributed by atoms with van der Waals surface area (Å²) in [5.41, 5.74) is 1.23. The molecule has 0 saturated heterocycles. The van der Waals surface area contributed by atoms with Crippen molar-refractivity contribution in [3.63, 3.8) is 0 Å². The van der Waals surface area contributed by atoms with E-state index in [-0.39, 0.29) is 12.5 Å². The standard InChI is InChI=1S/C13H18INO2/c1-3-15(10(2)8-13(16)17)9-11-4-6-12(14)7-5-11/h4-7,10H,3,8-9H2,1-2H3,(H,16,17). The van der Waals surface area contributed by atoms with Crippen LogP contribution in [0, 0.1) is 3.57 Å². The second-order valence-electron chi connectivity index (χ2n) is 4.14. The molecule has 17 heavy (non-hydrogen) atoms. The monoisotopic (exact) mass is 347 g/mol. The molecular formula is C13H18INO2. The fourth-order valence-corrected chi connectivity index (χ4v) is 2.15. The number of carbonyl (C=O) groups is 1. The highest BCUT2D eigenvalue weighted by molar-refractivity contribution is 14.1. The van der Waals surface area contributed by atoms with Crippen LogP contribution in [0.5, 0.6) is 0 Å². The predicted molar refractivity (Wildman–Crippen MR) is 77.0 cm³/mol. The molecule has 1 rings (SSSR count). The van der Waals surface area contributed by atoms with Gasteiger partial charge in [0.15, 0.2) is 0 Å². The molecule has 4 heteroatoms. The molecule has 0 heterocycles. The summed E-state index contributed by atoms with van der Waals surface area (Å²) in [6.45, 7) is 5.69. The van der Waals surface area contributed by atoms with Crippen molar-refractivity contribution in [1.82, 2.24) is 4.90 Å². The molecule has 0 radical (unpaired) electrons. The first kappa shape index (κ1) is 14.4. The number of hydrogen-bond acceptors (Lipinski definition) is 2. The van der Waals surface area contributed by atoms with Crippen LogP contribution >= 0.6 is 22.6 Å². The maximum atomic E-state index is 10.7. The Bertz CT molecular complexity index is 364. The van der Waals surface area contributed by atoms with Crippen molar-refractivity contribution in [1.29, 1.82) is 0 Å². The van der Waals surface area contributed by atoms with Gasteiger partial charge in [-0.25, -0.2) is 0 Å². The van der Waals surface area contributed by atoms with Crippen molar-refractivity contribution in [2.45, 2.75) is 32.9 Å². The molecule has 0 fully saturated rings. The topological polar surface area (TPSA) is 40.5 Å². The summed E-state index contributed by atoms with van der Waals surface area (Å²) < 4.78 is 1.22. The number of aliphatic carboxylic acids is 1. The Balaban J connectivity index is 2.62. The Labute approximate surface area is 116 Å². The van der Waals surface area contributed by atoms with Gasteiger partial charge in [0, 0.05) is 16.2 Å². The van der Waals surface area contributed by atoms with Crippen LogP contribution in [0.3, 0.4) is 0 Å². The van der Waals surface area contributed by atoms with Gasteiger partial charge in [-0.2, -0.15) is 0 Å². The molecule has 94 valence electrons. The molecule has 0 aliphatic carbocycles. The number of halogens is 1. The molecule has 1 N–H and O–H groups in total. The van der Waals surface area contributed by atoms with E-state index in [1.807, 2.05) is 6.92 Å². The van der Waals surface area contributed by atoms with Crippen LogP contribution in [0.2, 0.25) is 0 Å². The van der Waals surface area contributed by atoms with E-state index in [0.29, 0.717) is 0 Å². The van der Waals surface area contributed by atoms with Gasteiger partial charge >= 0.3 is 5.97 Å². The first-order chi connectivity index (χ1) is 8.02. The first-order valence-corrected chi connectivity index (χ1v) is 6.81. The van der Waals surface area contributed by atoms with E-state index in [1.165, 1.54) is 9.13 Å². The average Bonchev–Trinajstić information content (AvgIpc) is 2.27. The molecule has 1 atom stereocenters. The third kappa shape index (κ3) is 5.04. The zero-order valence-corrected chi connectivity index (χ0v) is 12.3. The largest absolute Gasteiger partial charge is 0.481 e. The van der Waals surface area contributed by atoms with E-state index in [4.69, 9.17) is 5.11 Å². The average molecular weight is 347 g/mol. The van der Waals surface area contributed by atoms with Gasteiger partial charge in [0.25, 0.3) is 0 Å². The molecule has 1 unspecified atom stereocenters. The molecule has 0 saturated carbocycles. The second-order valence-corrected chi connectivity index (χ2v) is 5.38. The summed E-state index contributed by atoms with van der Waals surface area (Å²) in [6.07, 6.45) is 0.193. The third-order valence-corrected chi connectivity index (χ3v) is 3.52. The maximum Gasteiger partial charge on any atom is 0.304 e. The predicted octanol–water partition coefficient (Wildman–Crippen LogP) is 2.98. The lowest BCUT2D eigenvalue weighted by molar-refractivity contribution is -0.138. The normalized spacial score (nSPS) is 12.7. The molecule has 0 bridgehead atoms. The molecule has 1 aromatic carbocycles. The Hall–Kier alpha value is -0.620. The highest BCUT2D eigenvalue weighted by atomic mass is 127. The summed E-state index contributed by atoms with van der Waals surface area (Å²) >= 11 is 2.28. The van der Waals surface area contributed by atoms with Crippen molar-refractivity contribution in [2.24, 2.45) is 0 Å². The maximum absolute atomic E-state index is 10.7. The number of nitrogens with zero attached hydrogens (tertiary/aromatic N) is 1. The second kappa shape index (κ2) is 6.96. The number of hydrogen-bond donors (Lipinski definition) is 1. The van der Waals surface area contributed by atoms with Crippen molar-refractivity contribution in [2.75, 3.05) is 6.54 Å². The first-order valence-electron chi connectivity index (χ1n) is 5.73. The van der Waals surface area contributed by atoms with E-state index in [0.717, 1.165) is 13.1 Å². The van der Waals surface area contributed by atoms with Gasteiger partial charge in [-0.05, 0) is 53.8 Å². The Morgan fingerprint density at radius 3 is 2.47 bits per heavy atom. The highest BCUT2D eigenvalue weighted by Crippen LogP contribution is 2.12. The molecule has 0 aliphatic heterocycles. The van der Waals surface area contributed by atoms with Crippen LogP contribution in [0.1, 0.15) is 25.8 Å². The molecule has 0 aliphatic rings. The Kier molecular flexibility index (Phi) is 5.91. The number of rotatable bonds is 6. The lowest BCUT2D eigenvalue weighted by Gasteiger charge is -2.26. The summed E-state index contributed by atoms with van der Waals surface area (Å²) in [4.78, 5) is 12.9. The van der Waals surface area contributed by atoms with Crippen molar-refractivity contribution >= 4 is 28.6 Å². The van der Waals surface area contributed by atoms with Crippen LogP contribution in [0.25, 0.3) is 0 Å². The molecule has 0 spiro atoms. The van der Waals surface area contributed by atoms with Crippen LogP contribution in [0.4, 0.5) is 0 Å². The minimum absolute atomic E-state index is 0.0665. The molecule has 0 amide bonds. The van der Waals surface area contributed by atoms with Crippen LogP contribution in [-0.2, 0) is 11.3 Å².